The van der Waals surface area contributed by atoms with Gasteiger partial charge in [0.15, 0.2) is 0 Å². The molecule has 18 heavy (non-hydrogen) atoms. The maximum Gasteiger partial charge on any atom is 0.256 e. The first-order valence-electron chi connectivity index (χ1n) is 5.87. The van der Waals surface area contributed by atoms with Crippen molar-refractivity contribution < 1.29 is 18.7 Å². The Labute approximate surface area is 104 Å². The third-order valence-electron chi connectivity index (χ3n) is 3.14. The maximum atomic E-state index is 13.4. The molecule has 0 spiro atoms. The summed E-state index contributed by atoms with van der Waals surface area (Å²) >= 11 is 0. The molecule has 0 radical (unpaired) electrons. The molecule has 5 heteroatoms. The minimum atomic E-state index is -0.882. The molecule has 1 aromatic carbocycles. The van der Waals surface area contributed by atoms with Crippen LogP contribution in [0.4, 0.5) is 8.78 Å². The summed E-state index contributed by atoms with van der Waals surface area (Å²) < 4.78 is 26.2. The van der Waals surface area contributed by atoms with E-state index in [0.29, 0.717) is 6.07 Å². The molecule has 2 rings (SSSR count). The van der Waals surface area contributed by atoms with Crippen LogP contribution in [0, 0.1) is 17.6 Å². The lowest BCUT2D eigenvalue weighted by Gasteiger charge is -2.21. The fourth-order valence-corrected chi connectivity index (χ4v) is 1.86. The van der Waals surface area contributed by atoms with E-state index < -0.39 is 23.6 Å². The summed E-state index contributed by atoms with van der Waals surface area (Å²) in [6.07, 6.45) is 1.37. The maximum absolute atomic E-state index is 13.4. The molecule has 98 valence electrons. The number of rotatable bonds is 4. The predicted octanol–water partition coefficient (Wildman–Crippen LogP) is 1.81. The molecule has 1 aromatic rings. The highest BCUT2D eigenvalue weighted by atomic mass is 19.1. The van der Waals surface area contributed by atoms with Crippen LogP contribution >= 0.6 is 0 Å². The monoisotopic (exact) mass is 255 g/mol. The lowest BCUT2D eigenvalue weighted by Crippen LogP contribution is -2.35. The number of halogens is 2. The van der Waals surface area contributed by atoms with Gasteiger partial charge in [-0.05, 0) is 30.9 Å². The van der Waals surface area contributed by atoms with E-state index in [2.05, 4.69) is 0 Å². The van der Waals surface area contributed by atoms with Crippen molar-refractivity contribution in [3.05, 3.63) is 35.4 Å². The fraction of sp³-hybridized carbons (Fsp3) is 0.462. The average molecular weight is 255 g/mol. The second-order valence-electron chi connectivity index (χ2n) is 4.71. The molecule has 1 unspecified atom stereocenters. The molecule has 1 atom stereocenters. The Hall–Kier alpha value is -1.49. The average Bonchev–Trinajstić information content (AvgIpc) is 3.11. The Kier molecular flexibility index (Phi) is 3.61. The molecular weight excluding hydrogens is 240 g/mol. The number of aliphatic hydroxyl groups excluding tert-OH is 1. The third-order valence-corrected chi connectivity index (χ3v) is 3.14. The zero-order chi connectivity index (χ0) is 13.3. The van der Waals surface area contributed by atoms with Gasteiger partial charge in [-0.25, -0.2) is 8.78 Å². The van der Waals surface area contributed by atoms with Gasteiger partial charge in [-0.3, -0.25) is 4.79 Å². The van der Waals surface area contributed by atoms with E-state index in [1.165, 1.54) is 11.9 Å². The standard InChI is InChI=1S/C13H15F2NO2/c1-16(7-12(17)8-2-3-8)13(18)10-5-4-9(14)6-11(10)15/h4-6,8,12,17H,2-3,7H2,1H3. The first-order valence-corrected chi connectivity index (χ1v) is 5.87. The van der Waals surface area contributed by atoms with Crippen LogP contribution in [0.15, 0.2) is 18.2 Å². The summed E-state index contributed by atoms with van der Waals surface area (Å²) in [4.78, 5) is 13.2. The Balaban J connectivity index is 2.04. The van der Waals surface area contributed by atoms with Crippen molar-refractivity contribution in [3.8, 4) is 0 Å². The summed E-state index contributed by atoms with van der Waals surface area (Å²) in [6, 6.07) is 2.84. The van der Waals surface area contributed by atoms with Gasteiger partial charge < -0.3 is 10.0 Å². The highest BCUT2D eigenvalue weighted by molar-refractivity contribution is 5.94. The molecular formula is C13H15F2NO2. The quantitative estimate of drug-likeness (QED) is 0.891. The van der Waals surface area contributed by atoms with Gasteiger partial charge in [-0.15, -0.1) is 0 Å². The molecule has 1 amide bonds. The van der Waals surface area contributed by atoms with Gasteiger partial charge in [0, 0.05) is 19.7 Å². The minimum Gasteiger partial charge on any atom is -0.391 e. The van der Waals surface area contributed by atoms with Crippen LogP contribution in [0.25, 0.3) is 0 Å². The number of carbonyl (C=O) groups is 1. The Bertz CT molecular complexity index is 460. The van der Waals surface area contributed by atoms with E-state index >= 15 is 0 Å². The Morgan fingerprint density at radius 2 is 2.17 bits per heavy atom. The fourth-order valence-electron chi connectivity index (χ4n) is 1.86. The number of benzene rings is 1. The zero-order valence-electron chi connectivity index (χ0n) is 10.1. The largest absolute Gasteiger partial charge is 0.391 e. The Morgan fingerprint density at radius 1 is 1.50 bits per heavy atom. The molecule has 0 heterocycles. The van der Waals surface area contributed by atoms with Gasteiger partial charge >= 0.3 is 0 Å². The van der Waals surface area contributed by atoms with Gasteiger partial charge in [-0.1, -0.05) is 0 Å². The van der Waals surface area contributed by atoms with Crippen molar-refractivity contribution in [2.45, 2.75) is 18.9 Å². The molecule has 0 saturated heterocycles. The normalized spacial score (nSPS) is 16.4. The molecule has 3 nitrogen and oxygen atoms in total. The predicted molar refractivity (Wildman–Crippen MR) is 62.0 cm³/mol. The molecule has 0 bridgehead atoms. The van der Waals surface area contributed by atoms with Gasteiger partial charge in [0.05, 0.1) is 11.7 Å². The molecule has 0 aromatic heterocycles. The van der Waals surface area contributed by atoms with E-state index in [4.69, 9.17) is 0 Å². The minimum absolute atomic E-state index is 0.167. The van der Waals surface area contributed by atoms with Crippen LogP contribution in [-0.2, 0) is 0 Å². The summed E-state index contributed by atoms with van der Waals surface area (Å²) in [7, 11) is 1.50. The third kappa shape index (κ3) is 2.85. The van der Waals surface area contributed by atoms with Gasteiger partial charge in [0.2, 0.25) is 0 Å². The van der Waals surface area contributed by atoms with Crippen LogP contribution in [0.5, 0.6) is 0 Å². The molecule has 1 fully saturated rings. The highest BCUT2D eigenvalue weighted by Gasteiger charge is 2.31. The number of carbonyl (C=O) groups excluding carboxylic acids is 1. The van der Waals surface area contributed by atoms with Crippen LogP contribution in [0.1, 0.15) is 23.2 Å². The number of aliphatic hydroxyl groups is 1. The van der Waals surface area contributed by atoms with Crippen LogP contribution in [0.2, 0.25) is 0 Å². The smallest absolute Gasteiger partial charge is 0.256 e. The lowest BCUT2D eigenvalue weighted by molar-refractivity contribution is 0.0641. The molecule has 1 aliphatic rings. The zero-order valence-corrected chi connectivity index (χ0v) is 10.1. The van der Waals surface area contributed by atoms with Crippen LogP contribution in [0.3, 0.4) is 0 Å². The molecule has 1 aliphatic carbocycles. The molecule has 0 aliphatic heterocycles. The van der Waals surface area contributed by atoms with Crippen molar-refractivity contribution >= 4 is 5.91 Å². The Morgan fingerprint density at radius 3 is 2.72 bits per heavy atom. The van der Waals surface area contributed by atoms with E-state index in [1.54, 1.807) is 0 Å². The summed E-state index contributed by atoms with van der Waals surface area (Å²) in [5, 5.41) is 9.72. The summed E-state index contributed by atoms with van der Waals surface area (Å²) in [5.41, 5.74) is -0.179. The van der Waals surface area contributed by atoms with E-state index in [-0.39, 0.29) is 18.0 Å². The second-order valence-corrected chi connectivity index (χ2v) is 4.71. The molecule has 1 saturated carbocycles. The number of likely N-dealkylation sites (N-methyl/N-ethyl adjacent to an activating group) is 1. The summed E-state index contributed by atoms with van der Waals surface area (Å²) in [6.45, 7) is 0.167. The van der Waals surface area contributed by atoms with Crippen molar-refractivity contribution in [2.24, 2.45) is 5.92 Å². The van der Waals surface area contributed by atoms with Gasteiger partial charge in [0.1, 0.15) is 11.6 Å². The number of hydrogen-bond acceptors (Lipinski definition) is 2. The van der Waals surface area contributed by atoms with E-state index in [1.807, 2.05) is 0 Å². The van der Waals surface area contributed by atoms with E-state index in [9.17, 15) is 18.7 Å². The number of hydrogen-bond donors (Lipinski definition) is 1. The first-order chi connectivity index (χ1) is 8.49. The number of amides is 1. The first kappa shape index (κ1) is 13.0. The van der Waals surface area contributed by atoms with Crippen molar-refractivity contribution in [2.75, 3.05) is 13.6 Å². The van der Waals surface area contributed by atoms with Crippen LogP contribution < -0.4 is 0 Å². The number of nitrogens with zero attached hydrogens (tertiary/aromatic N) is 1. The van der Waals surface area contributed by atoms with Crippen molar-refractivity contribution in [1.82, 2.24) is 4.90 Å². The van der Waals surface area contributed by atoms with E-state index in [0.717, 1.165) is 25.0 Å². The highest BCUT2D eigenvalue weighted by Crippen LogP contribution is 2.32. The SMILES string of the molecule is CN(CC(O)C1CC1)C(=O)c1ccc(F)cc1F. The van der Waals surface area contributed by atoms with Crippen LogP contribution in [-0.4, -0.2) is 35.6 Å². The summed E-state index contributed by atoms with van der Waals surface area (Å²) in [5.74, 6) is -1.90. The van der Waals surface area contributed by atoms with Crippen molar-refractivity contribution in [3.63, 3.8) is 0 Å². The lowest BCUT2D eigenvalue weighted by atomic mass is 10.1. The topological polar surface area (TPSA) is 40.5 Å². The van der Waals surface area contributed by atoms with Gasteiger partial charge in [-0.2, -0.15) is 0 Å². The van der Waals surface area contributed by atoms with Gasteiger partial charge in [0.25, 0.3) is 5.91 Å². The van der Waals surface area contributed by atoms with Crippen molar-refractivity contribution in [1.29, 1.82) is 0 Å². The molecule has 1 N–H and O–H groups in total. The second kappa shape index (κ2) is 5.02.